The zero-order valence-electron chi connectivity index (χ0n) is 14.3. The van der Waals surface area contributed by atoms with Gasteiger partial charge in [0.2, 0.25) is 0 Å². The number of thiol groups is 1. The molecule has 5 heteroatoms. The van der Waals surface area contributed by atoms with Crippen molar-refractivity contribution < 1.29 is 4.79 Å². The molecule has 4 bridgehead atoms. The standard InChI is InChI=1S/C20H25Cl2NOS/c21-17-2-1-15(6-18(17)22)16(7-19(24)25)11-23-20-8-12-3-13(9-20)5-14(4-12)10-20/h1-2,6,12-14,16,23H,3-5,7-11H2,(H,24,25). The first-order chi connectivity index (χ1) is 11.9. The van der Waals surface area contributed by atoms with Crippen molar-refractivity contribution in [1.29, 1.82) is 0 Å². The summed E-state index contributed by atoms with van der Waals surface area (Å²) in [6.07, 6.45) is 8.65. The van der Waals surface area contributed by atoms with Crippen LogP contribution in [0.1, 0.15) is 56.4 Å². The van der Waals surface area contributed by atoms with Crippen LogP contribution in [-0.2, 0) is 4.79 Å². The molecule has 4 saturated carbocycles. The van der Waals surface area contributed by atoms with Gasteiger partial charge in [0.05, 0.1) is 10.0 Å². The van der Waals surface area contributed by atoms with E-state index in [-0.39, 0.29) is 11.0 Å². The molecule has 1 atom stereocenters. The lowest BCUT2D eigenvalue weighted by atomic mass is 9.53. The van der Waals surface area contributed by atoms with Gasteiger partial charge in [-0.3, -0.25) is 4.79 Å². The molecule has 5 rings (SSSR count). The van der Waals surface area contributed by atoms with Crippen LogP contribution in [0.4, 0.5) is 0 Å². The van der Waals surface area contributed by atoms with Crippen molar-refractivity contribution >= 4 is 40.9 Å². The summed E-state index contributed by atoms with van der Waals surface area (Å²) >= 11 is 16.3. The van der Waals surface area contributed by atoms with Crippen molar-refractivity contribution in [1.82, 2.24) is 5.32 Å². The van der Waals surface area contributed by atoms with E-state index >= 15 is 0 Å². The van der Waals surface area contributed by atoms with Gasteiger partial charge >= 0.3 is 0 Å². The van der Waals surface area contributed by atoms with Crippen LogP contribution in [0.15, 0.2) is 18.2 Å². The maximum atomic E-state index is 11.7. The number of hydrogen-bond donors (Lipinski definition) is 2. The van der Waals surface area contributed by atoms with Crippen LogP contribution in [0.25, 0.3) is 0 Å². The van der Waals surface area contributed by atoms with Gasteiger partial charge in [0.1, 0.15) is 0 Å². The Balaban J connectivity index is 1.49. The number of carbonyl (C=O) groups excluding carboxylic acids is 1. The summed E-state index contributed by atoms with van der Waals surface area (Å²) in [4.78, 5) is 11.7. The van der Waals surface area contributed by atoms with E-state index in [1.165, 1.54) is 38.5 Å². The Morgan fingerprint density at radius 3 is 2.24 bits per heavy atom. The fourth-order valence-electron chi connectivity index (χ4n) is 5.95. The lowest BCUT2D eigenvalue weighted by Crippen LogP contribution is -2.59. The molecule has 1 aromatic rings. The lowest BCUT2D eigenvalue weighted by Gasteiger charge is -2.57. The Hall–Kier alpha value is -0.220. The average Bonchev–Trinajstić information content (AvgIpc) is 2.52. The molecule has 0 amide bonds. The molecule has 0 aliphatic heterocycles. The van der Waals surface area contributed by atoms with Crippen LogP contribution in [-0.4, -0.2) is 17.2 Å². The molecule has 0 heterocycles. The van der Waals surface area contributed by atoms with Gasteiger partial charge in [-0.15, -0.1) is 12.6 Å². The second-order valence-corrected chi connectivity index (χ2v) is 9.86. The summed E-state index contributed by atoms with van der Waals surface area (Å²) in [5, 5.41) is 4.92. The van der Waals surface area contributed by atoms with Gasteiger partial charge in [0, 0.05) is 24.4 Å². The predicted molar refractivity (Wildman–Crippen MR) is 107 cm³/mol. The van der Waals surface area contributed by atoms with E-state index in [2.05, 4.69) is 17.9 Å². The number of benzene rings is 1. The molecule has 0 radical (unpaired) electrons. The van der Waals surface area contributed by atoms with Gasteiger partial charge in [0.25, 0.3) is 0 Å². The van der Waals surface area contributed by atoms with Crippen LogP contribution in [0, 0.1) is 17.8 Å². The van der Waals surface area contributed by atoms with Crippen LogP contribution in [0.2, 0.25) is 10.0 Å². The minimum atomic E-state index is -0.0802. The minimum absolute atomic E-state index is 0.0802. The first-order valence-corrected chi connectivity index (χ1v) is 10.5. The molecule has 0 spiro atoms. The van der Waals surface area contributed by atoms with Gasteiger partial charge in [0.15, 0.2) is 5.12 Å². The molecule has 0 saturated heterocycles. The molecule has 2 nitrogen and oxygen atoms in total. The quantitative estimate of drug-likeness (QED) is 0.621. The summed E-state index contributed by atoms with van der Waals surface area (Å²) in [7, 11) is 0. The molecule has 1 aromatic carbocycles. The van der Waals surface area contributed by atoms with Gasteiger partial charge in [-0.2, -0.15) is 0 Å². The number of nitrogens with one attached hydrogen (secondary N) is 1. The SMILES string of the molecule is O=C(S)CC(CNC12CC3CC(CC(C3)C1)C2)c1ccc(Cl)c(Cl)c1. The summed E-state index contributed by atoms with van der Waals surface area (Å²) in [6.45, 7) is 0.802. The maximum Gasteiger partial charge on any atom is 0.186 e. The first-order valence-electron chi connectivity index (χ1n) is 9.34. The zero-order chi connectivity index (χ0) is 17.6. The van der Waals surface area contributed by atoms with Crippen LogP contribution >= 0.6 is 35.8 Å². The third-order valence-electron chi connectivity index (χ3n) is 6.60. The van der Waals surface area contributed by atoms with E-state index in [9.17, 15) is 4.79 Å². The number of hydrogen-bond acceptors (Lipinski definition) is 2. The Morgan fingerprint density at radius 1 is 1.12 bits per heavy atom. The topological polar surface area (TPSA) is 29.1 Å². The van der Waals surface area contributed by atoms with Crippen molar-refractivity contribution in [3.63, 3.8) is 0 Å². The van der Waals surface area contributed by atoms with E-state index in [0.29, 0.717) is 22.0 Å². The summed E-state index contributed by atoms with van der Waals surface area (Å²) < 4.78 is 0. The highest BCUT2D eigenvalue weighted by Crippen LogP contribution is 2.55. The molecular formula is C20H25Cl2NOS. The van der Waals surface area contributed by atoms with E-state index < -0.39 is 0 Å². The molecule has 0 aromatic heterocycles. The summed E-state index contributed by atoms with van der Waals surface area (Å²) in [6, 6.07) is 5.70. The van der Waals surface area contributed by atoms with Gasteiger partial charge < -0.3 is 5.32 Å². The molecule has 1 unspecified atom stereocenters. The lowest BCUT2D eigenvalue weighted by molar-refractivity contribution is -0.111. The van der Waals surface area contributed by atoms with Crippen molar-refractivity contribution in [2.75, 3.05) is 6.54 Å². The fraction of sp³-hybridized carbons (Fsp3) is 0.650. The van der Waals surface area contributed by atoms with E-state index in [1.807, 2.05) is 18.2 Å². The highest BCUT2D eigenvalue weighted by Gasteiger charge is 2.50. The smallest absolute Gasteiger partial charge is 0.186 e. The summed E-state index contributed by atoms with van der Waals surface area (Å²) in [5.74, 6) is 2.82. The first kappa shape index (κ1) is 18.2. The van der Waals surface area contributed by atoms with Crippen LogP contribution < -0.4 is 5.32 Å². The van der Waals surface area contributed by atoms with Gasteiger partial charge in [-0.1, -0.05) is 29.3 Å². The van der Waals surface area contributed by atoms with E-state index in [4.69, 9.17) is 23.2 Å². The molecule has 4 fully saturated rings. The van der Waals surface area contributed by atoms with Crippen LogP contribution in [0.3, 0.4) is 0 Å². The largest absolute Gasteiger partial charge is 0.311 e. The van der Waals surface area contributed by atoms with E-state index in [0.717, 1.165) is 29.9 Å². The highest BCUT2D eigenvalue weighted by atomic mass is 35.5. The molecule has 136 valence electrons. The van der Waals surface area contributed by atoms with Crippen LogP contribution in [0.5, 0.6) is 0 Å². The Bertz CT molecular complexity index is 642. The Labute approximate surface area is 165 Å². The number of halogens is 2. The normalized spacial score (nSPS) is 34.3. The summed E-state index contributed by atoms with van der Waals surface area (Å²) in [5.41, 5.74) is 1.36. The number of rotatable bonds is 6. The predicted octanol–water partition coefficient (Wildman–Crippen LogP) is 5.48. The van der Waals surface area contributed by atoms with Crippen molar-refractivity contribution in [3.05, 3.63) is 33.8 Å². The molecule has 25 heavy (non-hydrogen) atoms. The van der Waals surface area contributed by atoms with Crippen molar-refractivity contribution in [3.8, 4) is 0 Å². The monoisotopic (exact) mass is 397 g/mol. The second kappa shape index (κ2) is 7.07. The Kier molecular flexibility index (Phi) is 5.13. The second-order valence-electron chi connectivity index (χ2n) is 8.55. The third kappa shape index (κ3) is 3.90. The Morgan fingerprint density at radius 2 is 1.72 bits per heavy atom. The molecule has 1 N–H and O–H groups in total. The number of carbonyl (C=O) groups is 1. The molecule has 4 aliphatic rings. The molecule has 4 aliphatic carbocycles. The third-order valence-corrected chi connectivity index (χ3v) is 7.52. The van der Waals surface area contributed by atoms with Crippen molar-refractivity contribution in [2.45, 2.75) is 56.4 Å². The molecular weight excluding hydrogens is 373 g/mol. The highest BCUT2D eigenvalue weighted by molar-refractivity contribution is 7.96. The zero-order valence-corrected chi connectivity index (χ0v) is 16.7. The average molecular weight is 398 g/mol. The van der Waals surface area contributed by atoms with Gasteiger partial charge in [-0.25, -0.2) is 0 Å². The maximum absolute atomic E-state index is 11.7. The fourth-order valence-corrected chi connectivity index (χ4v) is 6.48. The van der Waals surface area contributed by atoms with Crippen molar-refractivity contribution in [2.24, 2.45) is 17.8 Å². The minimum Gasteiger partial charge on any atom is -0.311 e. The van der Waals surface area contributed by atoms with E-state index in [1.54, 1.807) is 0 Å². The van der Waals surface area contributed by atoms with Gasteiger partial charge in [-0.05, 0) is 74.0 Å².